The number of hydrogen-bond acceptors (Lipinski definition) is 7. The molecular weight excluding hydrogens is 394 g/mol. The number of nitrogens with one attached hydrogen (secondary N) is 2. The van der Waals surface area contributed by atoms with Crippen LogP contribution in [0.1, 0.15) is 41.6 Å². The molecule has 3 aromatic heterocycles. The van der Waals surface area contributed by atoms with Gasteiger partial charge in [-0.1, -0.05) is 0 Å². The van der Waals surface area contributed by atoms with E-state index >= 15 is 0 Å². The van der Waals surface area contributed by atoms with Crippen LogP contribution in [0, 0.1) is 22.7 Å². The molecule has 156 valence electrons. The molecule has 0 saturated heterocycles. The summed E-state index contributed by atoms with van der Waals surface area (Å²) >= 11 is 0. The molecule has 2 atom stereocenters. The summed E-state index contributed by atoms with van der Waals surface area (Å²) in [5.74, 6) is -0.392. The molecule has 31 heavy (non-hydrogen) atoms. The number of nitriles is 2. The number of carbonyl (C=O) groups is 1. The normalized spacial score (nSPS) is 18.2. The molecule has 0 unspecified atom stereocenters. The van der Waals surface area contributed by atoms with Crippen molar-refractivity contribution >= 4 is 17.1 Å². The molecule has 9 heteroatoms. The van der Waals surface area contributed by atoms with Crippen molar-refractivity contribution in [3.05, 3.63) is 47.8 Å². The number of rotatable bonds is 5. The molecule has 0 aliphatic heterocycles. The molecule has 0 radical (unpaired) electrons. The van der Waals surface area contributed by atoms with Crippen molar-refractivity contribution in [2.24, 2.45) is 0 Å². The number of pyridine rings is 1. The maximum absolute atomic E-state index is 12.6. The maximum atomic E-state index is 12.6. The highest BCUT2D eigenvalue weighted by molar-refractivity contribution is 6.00. The third-order valence-corrected chi connectivity index (χ3v) is 5.37. The number of aromatic nitrogens is 3. The second-order valence-corrected chi connectivity index (χ2v) is 7.53. The van der Waals surface area contributed by atoms with Gasteiger partial charge >= 0.3 is 0 Å². The van der Waals surface area contributed by atoms with Gasteiger partial charge in [0.25, 0.3) is 5.91 Å². The first-order valence-corrected chi connectivity index (χ1v) is 10.1. The molecule has 3 heterocycles. The molecular formula is C22H21N7O2. The molecule has 4 rings (SSSR count). The first-order chi connectivity index (χ1) is 15.1. The molecule has 1 aliphatic carbocycles. The number of aliphatic hydroxyl groups is 1. The minimum atomic E-state index is -0.392. The van der Waals surface area contributed by atoms with Gasteiger partial charge in [0.2, 0.25) is 0 Å². The number of hydrogen-bond donors (Lipinski definition) is 3. The van der Waals surface area contributed by atoms with E-state index in [9.17, 15) is 9.90 Å². The molecule has 0 bridgehead atoms. The number of nitrogens with zero attached hydrogens (tertiary/aromatic N) is 5. The zero-order valence-corrected chi connectivity index (χ0v) is 16.7. The van der Waals surface area contributed by atoms with Gasteiger partial charge in [-0.25, -0.2) is 4.52 Å². The molecule has 1 saturated carbocycles. The highest BCUT2D eigenvalue weighted by atomic mass is 16.3. The molecule has 9 nitrogen and oxygen atoms in total. The van der Waals surface area contributed by atoms with E-state index in [1.165, 1.54) is 12.4 Å². The predicted molar refractivity (Wildman–Crippen MR) is 113 cm³/mol. The molecule has 3 aromatic rings. The van der Waals surface area contributed by atoms with E-state index in [0.29, 0.717) is 28.9 Å². The Kier molecular flexibility index (Phi) is 5.78. The fraction of sp³-hybridized carbons (Fsp3) is 0.318. The summed E-state index contributed by atoms with van der Waals surface area (Å²) in [6, 6.07) is 11.2. The smallest absolute Gasteiger partial charge is 0.255 e. The Hall–Kier alpha value is -3.95. The van der Waals surface area contributed by atoms with Crippen molar-refractivity contribution in [2.45, 2.75) is 37.8 Å². The number of aliphatic hydroxyl groups excluding tert-OH is 1. The summed E-state index contributed by atoms with van der Waals surface area (Å²) in [7, 11) is 0. The summed E-state index contributed by atoms with van der Waals surface area (Å²) in [6.07, 6.45) is 5.78. The zero-order valence-electron chi connectivity index (χ0n) is 16.7. The monoisotopic (exact) mass is 415 g/mol. The lowest BCUT2D eigenvalue weighted by molar-refractivity contribution is 0.0959. The van der Waals surface area contributed by atoms with Gasteiger partial charge in [-0.2, -0.15) is 15.6 Å². The lowest BCUT2D eigenvalue weighted by atomic mass is 9.92. The molecule has 0 aromatic carbocycles. The van der Waals surface area contributed by atoms with Crippen molar-refractivity contribution in [1.29, 1.82) is 10.5 Å². The summed E-state index contributed by atoms with van der Waals surface area (Å²) < 4.78 is 1.69. The Balaban J connectivity index is 1.72. The Bertz CT molecular complexity index is 1200. The minimum absolute atomic E-state index is 0.0295. The fourth-order valence-corrected chi connectivity index (χ4v) is 3.88. The van der Waals surface area contributed by atoms with Gasteiger partial charge < -0.3 is 15.7 Å². The molecule has 1 fully saturated rings. The summed E-state index contributed by atoms with van der Waals surface area (Å²) in [6.45, 7) is -0.101. The van der Waals surface area contributed by atoms with Crippen LogP contribution in [-0.4, -0.2) is 44.3 Å². The van der Waals surface area contributed by atoms with E-state index in [1.807, 2.05) is 18.2 Å². The second-order valence-electron chi connectivity index (χ2n) is 7.53. The van der Waals surface area contributed by atoms with Crippen molar-refractivity contribution in [1.82, 2.24) is 19.9 Å². The third kappa shape index (κ3) is 4.32. The van der Waals surface area contributed by atoms with E-state index in [4.69, 9.17) is 10.5 Å². The van der Waals surface area contributed by atoms with Gasteiger partial charge in [-0.15, -0.1) is 0 Å². The molecule has 0 spiro atoms. The standard InChI is InChI=1S/C22H21N7O2/c23-6-7-25-22(31)18-13-26-20(10-19(18)28-15-2-1-3-17(30)9-15)21-5-4-16-8-14(11-24)12-27-29(16)21/h4-5,8,10,12-13,15,17,30H,1-3,7,9H2,(H,25,31)(H,26,28)/t15-,17+/m0/s1. The Morgan fingerprint density at radius 2 is 2.13 bits per heavy atom. The average molecular weight is 415 g/mol. The Labute approximate surface area is 178 Å². The van der Waals surface area contributed by atoms with Crippen LogP contribution >= 0.6 is 0 Å². The summed E-state index contributed by atoms with van der Waals surface area (Å²) in [4.78, 5) is 17.0. The largest absolute Gasteiger partial charge is 0.393 e. The minimum Gasteiger partial charge on any atom is -0.393 e. The first-order valence-electron chi connectivity index (χ1n) is 10.1. The van der Waals surface area contributed by atoms with Gasteiger partial charge in [-0.05, 0) is 49.9 Å². The van der Waals surface area contributed by atoms with Crippen molar-refractivity contribution in [3.63, 3.8) is 0 Å². The van der Waals surface area contributed by atoms with Gasteiger partial charge in [0.1, 0.15) is 12.6 Å². The van der Waals surface area contributed by atoms with Crippen LogP contribution in [0.4, 0.5) is 5.69 Å². The maximum Gasteiger partial charge on any atom is 0.255 e. The summed E-state index contributed by atoms with van der Waals surface area (Å²) in [5, 5.41) is 38.1. The van der Waals surface area contributed by atoms with E-state index in [2.05, 4.69) is 26.8 Å². The zero-order chi connectivity index (χ0) is 21.8. The van der Waals surface area contributed by atoms with Gasteiger partial charge in [0.05, 0.1) is 52.1 Å². The summed E-state index contributed by atoms with van der Waals surface area (Å²) in [5.41, 5.74) is 3.47. The SMILES string of the molecule is N#CCNC(=O)c1cnc(-c2ccc3cc(C#N)cnn23)cc1N[C@H]1CCC[C@@H](O)C1. The fourth-order valence-electron chi connectivity index (χ4n) is 3.88. The Morgan fingerprint density at radius 1 is 1.26 bits per heavy atom. The van der Waals surface area contributed by atoms with Crippen LogP contribution in [0.3, 0.4) is 0 Å². The van der Waals surface area contributed by atoms with Gasteiger partial charge in [0.15, 0.2) is 0 Å². The average Bonchev–Trinajstić information content (AvgIpc) is 3.20. The van der Waals surface area contributed by atoms with E-state index in [-0.39, 0.29) is 18.7 Å². The van der Waals surface area contributed by atoms with Crippen LogP contribution in [0.5, 0.6) is 0 Å². The Morgan fingerprint density at radius 3 is 2.90 bits per heavy atom. The highest BCUT2D eigenvalue weighted by Gasteiger charge is 2.23. The number of amides is 1. The predicted octanol–water partition coefficient (Wildman–Crippen LogP) is 2.24. The van der Waals surface area contributed by atoms with Crippen molar-refractivity contribution in [3.8, 4) is 23.5 Å². The molecule has 3 N–H and O–H groups in total. The number of anilines is 1. The van der Waals surface area contributed by atoms with E-state index in [1.54, 1.807) is 16.6 Å². The van der Waals surface area contributed by atoms with Crippen molar-refractivity contribution in [2.75, 3.05) is 11.9 Å². The second kappa shape index (κ2) is 8.82. The van der Waals surface area contributed by atoms with Crippen LogP contribution in [0.25, 0.3) is 16.9 Å². The third-order valence-electron chi connectivity index (χ3n) is 5.37. The van der Waals surface area contributed by atoms with Gasteiger partial charge in [0, 0.05) is 12.2 Å². The molecule has 1 aliphatic rings. The van der Waals surface area contributed by atoms with Crippen molar-refractivity contribution < 1.29 is 9.90 Å². The van der Waals surface area contributed by atoms with Crippen LogP contribution < -0.4 is 10.6 Å². The number of fused-ring (bicyclic) bond motifs is 1. The van der Waals surface area contributed by atoms with Crippen LogP contribution in [-0.2, 0) is 0 Å². The first kappa shape index (κ1) is 20.3. The van der Waals surface area contributed by atoms with Gasteiger partial charge in [-0.3, -0.25) is 9.78 Å². The lowest BCUT2D eigenvalue weighted by Crippen LogP contribution is -2.31. The number of carbonyl (C=O) groups excluding carboxylic acids is 1. The van der Waals surface area contributed by atoms with E-state index in [0.717, 1.165) is 30.5 Å². The topological polar surface area (TPSA) is 139 Å². The lowest BCUT2D eigenvalue weighted by Gasteiger charge is -2.28. The van der Waals surface area contributed by atoms with Crippen LogP contribution in [0.15, 0.2) is 36.7 Å². The van der Waals surface area contributed by atoms with Crippen LogP contribution in [0.2, 0.25) is 0 Å². The molecule has 1 amide bonds. The quantitative estimate of drug-likeness (QED) is 0.543. The highest BCUT2D eigenvalue weighted by Crippen LogP contribution is 2.28. The van der Waals surface area contributed by atoms with E-state index < -0.39 is 5.91 Å².